The molecule has 0 radical (unpaired) electrons. The number of aliphatic hydroxyl groups excluding tert-OH is 1. The van der Waals surface area contributed by atoms with E-state index < -0.39 is 97.5 Å². The first-order valence-electron chi connectivity index (χ1n) is 32.5. The van der Waals surface area contributed by atoms with Gasteiger partial charge in [-0.05, 0) is 37.5 Å². The number of unbranched alkanes of at least 4 members (excludes halogenated alkanes) is 31. The molecule has 3 N–H and O–H groups in total. The van der Waals surface area contributed by atoms with Crippen LogP contribution in [0.15, 0.2) is 0 Å². The maximum atomic E-state index is 13.0. The number of hydrogen-bond donors (Lipinski definition) is 3. The zero-order valence-corrected chi connectivity index (χ0v) is 53.9. The van der Waals surface area contributed by atoms with Gasteiger partial charge in [0.05, 0.1) is 26.4 Å². The molecule has 81 heavy (non-hydrogen) atoms. The van der Waals surface area contributed by atoms with E-state index in [0.717, 1.165) is 109 Å². The van der Waals surface area contributed by atoms with Gasteiger partial charge in [0.15, 0.2) is 12.2 Å². The maximum Gasteiger partial charge on any atom is 0.472 e. The van der Waals surface area contributed by atoms with Gasteiger partial charge in [0.25, 0.3) is 0 Å². The summed E-state index contributed by atoms with van der Waals surface area (Å²) in [6, 6.07) is 0. The number of phosphoric acid groups is 2. The molecule has 17 nitrogen and oxygen atoms in total. The van der Waals surface area contributed by atoms with E-state index in [2.05, 4.69) is 41.5 Å². The molecule has 0 aliphatic heterocycles. The summed E-state index contributed by atoms with van der Waals surface area (Å²) in [4.78, 5) is 72.0. The largest absolute Gasteiger partial charge is 0.472 e. The second-order valence-electron chi connectivity index (χ2n) is 23.4. The summed E-state index contributed by atoms with van der Waals surface area (Å²) in [6.45, 7) is 9.35. The van der Waals surface area contributed by atoms with Crippen molar-refractivity contribution >= 4 is 39.5 Å². The predicted octanol–water partition coefficient (Wildman–Crippen LogP) is 16.9. The number of carbonyl (C=O) groups excluding carboxylic acids is 4. The minimum Gasteiger partial charge on any atom is -0.462 e. The zero-order chi connectivity index (χ0) is 60.1. The van der Waals surface area contributed by atoms with E-state index in [-0.39, 0.29) is 25.7 Å². The third kappa shape index (κ3) is 56.9. The Kier molecular flexibility index (Phi) is 53.4. The number of carbonyl (C=O) groups is 4. The van der Waals surface area contributed by atoms with Crippen LogP contribution in [-0.2, 0) is 65.4 Å². The van der Waals surface area contributed by atoms with Gasteiger partial charge in [0, 0.05) is 25.7 Å². The molecule has 0 spiro atoms. The van der Waals surface area contributed by atoms with E-state index in [4.69, 9.17) is 37.0 Å². The fourth-order valence-electron chi connectivity index (χ4n) is 9.18. The highest BCUT2D eigenvalue weighted by Gasteiger charge is 2.30. The second kappa shape index (κ2) is 54.7. The van der Waals surface area contributed by atoms with Crippen LogP contribution in [0, 0.1) is 11.8 Å². The molecule has 0 saturated carbocycles. The third-order valence-corrected chi connectivity index (χ3v) is 16.1. The maximum absolute atomic E-state index is 13.0. The normalized spacial score (nSPS) is 14.4. The molecule has 0 rings (SSSR count). The molecule has 0 heterocycles. The smallest absolute Gasteiger partial charge is 0.462 e. The molecule has 0 saturated heterocycles. The topological polar surface area (TPSA) is 237 Å². The van der Waals surface area contributed by atoms with Crippen molar-refractivity contribution in [2.45, 2.75) is 323 Å². The Morgan fingerprint density at radius 2 is 0.568 bits per heavy atom. The molecule has 0 fully saturated rings. The number of esters is 4. The van der Waals surface area contributed by atoms with Gasteiger partial charge in [-0.2, -0.15) is 0 Å². The summed E-state index contributed by atoms with van der Waals surface area (Å²) in [7, 11) is -9.88. The Morgan fingerprint density at radius 1 is 0.333 bits per heavy atom. The summed E-state index contributed by atoms with van der Waals surface area (Å²) in [5.41, 5.74) is 0. The highest BCUT2D eigenvalue weighted by molar-refractivity contribution is 7.47. The predicted molar refractivity (Wildman–Crippen MR) is 321 cm³/mol. The zero-order valence-electron chi connectivity index (χ0n) is 52.1. The van der Waals surface area contributed by atoms with Crippen LogP contribution >= 0.6 is 15.6 Å². The number of hydrogen-bond acceptors (Lipinski definition) is 15. The van der Waals surface area contributed by atoms with Crippen LogP contribution in [-0.4, -0.2) is 96.7 Å². The first-order chi connectivity index (χ1) is 38.9. The van der Waals surface area contributed by atoms with Gasteiger partial charge in [-0.3, -0.25) is 37.3 Å². The molecule has 2 unspecified atom stereocenters. The van der Waals surface area contributed by atoms with E-state index in [1.54, 1.807) is 0 Å². The molecule has 0 aliphatic rings. The van der Waals surface area contributed by atoms with E-state index >= 15 is 0 Å². The number of rotatable bonds is 61. The molecule has 0 aliphatic carbocycles. The highest BCUT2D eigenvalue weighted by atomic mass is 31.2. The lowest BCUT2D eigenvalue weighted by Gasteiger charge is -2.21. The third-order valence-electron chi connectivity index (χ3n) is 14.2. The minimum absolute atomic E-state index is 0.103. The number of aliphatic hydroxyl groups is 1. The van der Waals surface area contributed by atoms with Gasteiger partial charge in [-0.15, -0.1) is 0 Å². The van der Waals surface area contributed by atoms with Crippen LogP contribution in [0.1, 0.15) is 305 Å². The Bertz CT molecular complexity index is 1600. The molecule has 19 heteroatoms. The first kappa shape index (κ1) is 79.1. The van der Waals surface area contributed by atoms with E-state index in [1.165, 1.54) is 109 Å². The molecule has 0 bridgehead atoms. The van der Waals surface area contributed by atoms with Crippen molar-refractivity contribution in [2.75, 3.05) is 39.6 Å². The average molecular weight is 1200 g/mol. The summed E-state index contributed by atoms with van der Waals surface area (Å²) >= 11 is 0. The molecule has 0 aromatic rings. The van der Waals surface area contributed by atoms with Crippen LogP contribution < -0.4 is 0 Å². The number of phosphoric ester groups is 2. The van der Waals surface area contributed by atoms with Crippen LogP contribution in [0.5, 0.6) is 0 Å². The van der Waals surface area contributed by atoms with Crippen molar-refractivity contribution in [3.8, 4) is 0 Å². The summed E-state index contributed by atoms with van der Waals surface area (Å²) < 4.78 is 67.8. The van der Waals surface area contributed by atoms with Crippen LogP contribution in [0.4, 0.5) is 0 Å². The Morgan fingerprint density at radius 3 is 0.840 bits per heavy atom. The Balaban J connectivity index is 5.22. The van der Waals surface area contributed by atoms with Crippen LogP contribution in [0.25, 0.3) is 0 Å². The van der Waals surface area contributed by atoms with Crippen LogP contribution in [0.2, 0.25) is 0 Å². The van der Waals surface area contributed by atoms with Gasteiger partial charge in [0.2, 0.25) is 0 Å². The van der Waals surface area contributed by atoms with Crippen molar-refractivity contribution in [3.63, 3.8) is 0 Å². The lowest BCUT2D eigenvalue weighted by molar-refractivity contribution is -0.161. The van der Waals surface area contributed by atoms with Gasteiger partial charge >= 0.3 is 39.5 Å². The molecule has 0 aromatic heterocycles. The van der Waals surface area contributed by atoms with Crippen molar-refractivity contribution < 1.29 is 80.2 Å². The highest BCUT2D eigenvalue weighted by Crippen LogP contribution is 2.45. The van der Waals surface area contributed by atoms with Gasteiger partial charge in [0.1, 0.15) is 19.3 Å². The summed E-state index contributed by atoms with van der Waals surface area (Å²) in [5.74, 6) is -0.710. The van der Waals surface area contributed by atoms with Crippen LogP contribution in [0.3, 0.4) is 0 Å². The standard InChI is InChI=1S/C62H120O17P2/c1-7-9-11-13-15-16-17-18-21-27-33-39-45-60(65)73-51-58(78-61(66)46-40-34-28-22-19-20-25-30-36-42-54(3)4)53-77-81(70,71)75-49-56(63)48-74-80(68,69)76-52-57(50-72-59(64)44-38-32-24-14-12-10-8-2)79-62(67)47-41-35-29-23-26-31-37-43-55(5)6/h54-58,63H,7-53H2,1-6H3,(H,68,69)(H,70,71)/t56-,57+,58+/m0/s1. The average Bonchev–Trinajstić information content (AvgIpc) is 3.42. The molecule has 5 atom stereocenters. The molecule has 480 valence electrons. The lowest BCUT2D eigenvalue weighted by Crippen LogP contribution is -2.30. The molecular formula is C62H120O17P2. The van der Waals surface area contributed by atoms with E-state index in [1.807, 2.05) is 0 Å². The fourth-order valence-corrected chi connectivity index (χ4v) is 10.8. The second-order valence-corrected chi connectivity index (χ2v) is 26.3. The number of ether oxygens (including phenoxy) is 4. The minimum atomic E-state index is -4.94. The Hall–Kier alpha value is -1.94. The van der Waals surface area contributed by atoms with Crippen molar-refractivity contribution in [1.29, 1.82) is 0 Å². The van der Waals surface area contributed by atoms with Crippen molar-refractivity contribution in [2.24, 2.45) is 11.8 Å². The van der Waals surface area contributed by atoms with E-state index in [0.29, 0.717) is 31.6 Å². The van der Waals surface area contributed by atoms with Gasteiger partial charge in [-0.25, -0.2) is 9.13 Å². The van der Waals surface area contributed by atoms with Crippen molar-refractivity contribution in [3.05, 3.63) is 0 Å². The monoisotopic (exact) mass is 1200 g/mol. The van der Waals surface area contributed by atoms with Gasteiger partial charge in [-0.1, -0.05) is 253 Å². The lowest BCUT2D eigenvalue weighted by atomic mass is 10.0. The molecular weight excluding hydrogens is 1080 g/mol. The molecule has 0 amide bonds. The molecule has 0 aromatic carbocycles. The summed E-state index contributed by atoms with van der Waals surface area (Å²) in [5, 5.41) is 10.5. The first-order valence-corrected chi connectivity index (χ1v) is 35.5. The van der Waals surface area contributed by atoms with Gasteiger partial charge < -0.3 is 33.8 Å². The fraction of sp³-hybridized carbons (Fsp3) is 0.935. The quantitative estimate of drug-likeness (QED) is 0.0222. The summed E-state index contributed by atoms with van der Waals surface area (Å²) in [6.07, 6.45) is 36.4. The SMILES string of the molecule is CCCCCCCCCCCCCCC(=O)OC[C@H](COP(=O)(O)OC[C@@H](O)COP(=O)(O)OC[C@@H](COC(=O)CCCCCCCCC)OC(=O)CCCCCCCCCC(C)C)OC(=O)CCCCCCCCCCCC(C)C. The van der Waals surface area contributed by atoms with E-state index in [9.17, 15) is 43.2 Å². The van der Waals surface area contributed by atoms with Crippen molar-refractivity contribution in [1.82, 2.24) is 0 Å². The Labute approximate surface area is 492 Å².